The second-order valence-corrected chi connectivity index (χ2v) is 6.05. The first kappa shape index (κ1) is 17.6. The number of furan rings is 1. The highest BCUT2D eigenvalue weighted by Crippen LogP contribution is 2.25. The molecule has 4 rings (SSSR count). The topological polar surface area (TPSA) is 77.0 Å². The Labute approximate surface area is 161 Å². The highest BCUT2D eigenvalue weighted by atomic mass is 16.5. The summed E-state index contributed by atoms with van der Waals surface area (Å²) in [6.07, 6.45) is 1.56. The van der Waals surface area contributed by atoms with E-state index in [1.165, 1.54) is 0 Å². The summed E-state index contributed by atoms with van der Waals surface area (Å²) in [7, 11) is 1.57. The van der Waals surface area contributed by atoms with Crippen LogP contribution in [-0.2, 0) is 6.54 Å². The maximum absolute atomic E-state index is 12.8. The highest BCUT2D eigenvalue weighted by molar-refractivity contribution is 5.97. The fraction of sp³-hybridized carbons (Fsp3) is 0.0909. The molecule has 0 aliphatic rings. The van der Waals surface area contributed by atoms with E-state index in [-0.39, 0.29) is 18.0 Å². The van der Waals surface area contributed by atoms with Crippen molar-refractivity contribution in [2.75, 3.05) is 7.11 Å². The van der Waals surface area contributed by atoms with Crippen LogP contribution in [0, 0.1) is 0 Å². The van der Waals surface area contributed by atoms with Crippen molar-refractivity contribution in [2.24, 2.45) is 4.99 Å². The van der Waals surface area contributed by atoms with Crippen LogP contribution in [0.25, 0.3) is 11.0 Å². The van der Waals surface area contributed by atoms with Crippen LogP contribution in [0.1, 0.15) is 16.1 Å². The van der Waals surface area contributed by atoms with Crippen molar-refractivity contribution < 1.29 is 18.4 Å². The van der Waals surface area contributed by atoms with Crippen LogP contribution < -0.4 is 15.6 Å². The molecule has 1 N–H and O–H groups in total. The van der Waals surface area contributed by atoms with E-state index >= 15 is 0 Å². The number of rotatable bonds is 5. The van der Waals surface area contributed by atoms with E-state index in [4.69, 9.17) is 13.6 Å². The first-order valence-electron chi connectivity index (χ1n) is 8.76. The number of hydrogen-bond acceptors (Lipinski definition) is 5. The molecule has 0 radical (unpaired) electrons. The van der Waals surface area contributed by atoms with E-state index in [0.29, 0.717) is 28.3 Å². The lowest BCUT2D eigenvalue weighted by molar-refractivity contribution is 0.0944. The molecule has 0 saturated heterocycles. The minimum absolute atomic E-state index is 0.208. The van der Waals surface area contributed by atoms with E-state index in [0.717, 1.165) is 5.39 Å². The number of benzene rings is 2. The van der Waals surface area contributed by atoms with Gasteiger partial charge in [0.25, 0.3) is 5.91 Å². The zero-order chi connectivity index (χ0) is 19.3. The summed E-state index contributed by atoms with van der Waals surface area (Å²) in [4.78, 5) is 17.4. The van der Waals surface area contributed by atoms with Gasteiger partial charge in [-0.2, -0.15) is 0 Å². The predicted molar refractivity (Wildman–Crippen MR) is 104 cm³/mol. The molecule has 140 valence electrons. The largest absolute Gasteiger partial charge is 0.493 e. The monoisotopic (exact) mass is 374 g/mol. The average Bonchev–Trinajstić information content (AvgIpc) is 3.25. The van der Waals surface area contributed by atoms with Crippen LogP contribution in [0.3, 0.4) is 0 Å². The van der Waals surface area contributed by atoms with Crippen LogP contribution in [0.15, 0.2) is 86.8 Å². The lowest BCUT2D eigenvalue weighted by Gasteiger charge is -2.08. The molecule has 2 aromatic carbocycles. The lowest BCUT2D eigenvalue weighted by atomic mass is 10.1. The van der Waals surface area contributed by atoms with Crippen LogP contribution >= 0.6 is 0 Å². The van der Waals surface area contributed by atoms with E-state index in [1.807, 2.05) is 42.5 Å². The molecule has 2 aromatic heterocycles. The van der Waals surface area contributed by atoms with E-state index in [1.54, 1.807) is 37.6 Å². The van der Waals surface area contributed by atoms with Gasteiger partial charge < -0.3 is 18.9 Å². The number of carbonyl (C=O) groups is 1. The highest BCUT2D eigenvalue weighted by Gasteiger charge is 2.15. The smallest absolute Gasteiger partial charge is 0.257 e. The van der Waals surface area contributed by atoms with Crippen LogP contribution in [0.4, 0.5) is 5.69 Å². The summed E-state index contributed by atoms with van der Waals surface area (Å²) in [5, 5.41) is 3.58. The van der Waals surface area contributed by atoms with Gasteiger partial charge in [0.05, 0.1) is 25.6 Å². The number of amides is 1. The second-order valence-electron chi connectivity index (χ2n) is 6.05. The molecule has 0 atom stereocenters. The standard InChI is InChI=1S/C22H18N2O4/c1-26-19-11-5-7-15-13-18(21(25)23-14-17-10-6-12-27-17)22(28-20(15)19)24-16-8-3-2-4-9-16/h2-13H,14H2,1H3,(H,23,25). The van der Waals surface area contributed by atoms with Crippen LogP contribution in [-0.4, -0.2) is 13.0 Å². The average molecular weight is 374 g/mol. The summed E-state index contributed by atoms with van der Waals surface area (Å²) in [6.45, 7) is 0.271. The summed E-state index contributed by atoms with van der Waals surface area (Å²) in [6, 6.07) is 20.1. The molecular weight excluding hydrogens is 356 g/mol. The van der Waals surface area contributed by atoms with Crippen molar-refractivity contribution in [3.63, 3.8) is 0 Å². The molecule has 0 aliphatic heterocycles. The second kappa shape index (κ2) is 7.84. The third kappa shape index (κ3) is 3.66. The fourth-order valence-electron chi connectivity index (χ4n) is 2.83. The number of nitrogens with one attached hydrogen (secondary N) is 1. The Hall–Kier alpha value is -3.80. The van der Waals surface area contributed by atoms with Gasteiger partial charge in [-0.05, 0) is 36.4 Å². The van der Waals surface area contributed by atoms with Crippen molar-refractivity contribution >= 4 is 22.6 Å². The molecule has 0 aliphatic carbocycles. The summed E-state index contributed by atoms with van der Waals surface area (Å²) in [5.74, 6) is 0.929. The summed E-state index contributed by atoms with van der Waals surface area (Å²) in [5.41, 5.74) is 1.75. The van der Waals surface area contributed by atoms with Gasteiger partial charge in [-0.25, -0.2) is 4.99 Å². The molecule has 6 heteroatoms. The molecule has 0 fully saturated rings. The predicted octanol–water partition coefficient (Wildman–Crippen LogP) is 4.20. The normalized spacial score (nSPS) is 11.5. The molecule has 6 nitrogen and oxygen atoms in total. The van der Waals surface area contributed by atoms with Gasteiger partial charge in [-0.1, -0.05) is 30.3 Å². The summed E-state index contributed by atoms with van der Waals surface area (Å²) < 4.78 is 16.7. The minimum atomic E-state index is -0.306. The number of nitrogens with zero attached hydrogens (tertiary/aromatic N) is 1. The minimum Gasteiger partial charge on any atom is -0.493 e. The van der Waals surface area contributed by atoms with Crippen LogP contribution in [0.2, 0.25) is 0 Å². The molecule has 0 unspecified atom stereocenters. The van der Waals surface area contributed by atoms with E-state index in [9.17, 15) is 4.79 Å². The van der Waals surface area contributed by atoms with Gasteiger partial charge in [-0.3, -0.25) is 4.79 Å². The zero-order valence-corrected chi connectivity index (χ0v) is 15.2. The Morgan fingerprint density at radius 1 is 1.07 bits per heavy atom. The molecular formula is C22H18N2O4. The molecule has 28 heavy (non-hydrogen) atoms. The van der Waals surface area contributed by atoms with Crippen molar-refractivity contribution in [2.45, 2.75) is 6.54 Å². The lowest BCUT2D eigenvalue weighted by Crippen LogP contribution is -2.28. The number of para-hydroxylation sites is 2. The van der Waals surface area contributed by atoms with Crippen molar-refractivity contribution in [1.29, 1.82) is 0 Å². The quantitative estimate of drug-likeness (QED) is 0.568. The Bertz CT molecular complexity index is 1160. The van der Waals surface area contributed by atoms with Gasteiger partial charge in [0.1, 0.15) is 11.3 Å². The Kier molecular flexibility index (Phi) is 4.93. The Morgan fingerprint density at radius 3 is 2.68 bits per heavy atom. The molecule has 1 amide bonds. The maximum atomic E-state index is 12.8. The zero-order valence-electron chi connectivity index (χ0n) is 15.2. The number of ether oxygens (including phenoxy) is 1. The first-order valence-corrected chi connectivity index (χ1v) is 8.76. The first-order chi connectivity index (χ1) is 13.7. The molecule has 0 saturated carbocycles. The van der Waals surface area contributed by atoms with E-state index in [2.05, 4.69) is 10.3 Å². The summed E-state index contributed by atoms with van der Waals surface area (Å²) >= 11 is 0. The molecule has 0 bridgehead atoms. The Morgan fingerprint density at radius 2 is 1.93 bits per heavy atom. The SMILES string of the molecule is COc1cccc2cc(C(=O)NCc3ccco3)c(=Nc3ccccc3)oc12. The maximum Gasteiger partial charge on any atom is 0.257 e. The van der Waals surface area contributed by atoms with Crippen molar-refractivity contribution in [3.8, 4) is 5.75 Å². The van der Waals surface area contributed by atoms with Crippen LogP contribution in [0.5, 0.6) is 5.75 Å². The number of fused-ring (bicyclic) bond motifs is 1. The van der Waals surface area contributed by atoms with Gasteiger partial charge >= 0.3 is 0 Å². The third-order valence-electron chi connectivity index (χ3n) is 4.19. The van der Waals surface area contributed by atoms with Gasteiger partial charge in [-0.15, -0.1) is 0 Å². The van der Waals surface area contributed by atoms with Gasteiger partial charge in [0.15, 0.2) is 11.3 Å². The van der Waals surface area contributed by atoms with Crippen molar-refractivity contribution in [1.82, 2.24) is 5.32 Å². The fourth-order valence-corrected chi connectivity index (χ4v) is 2.83. The Balaban J connectivity index is 1.82. The molecule has 4 aromatic rings. The number of carbonyl (C=O) groups excluding carboxylic acids is 1. The van der Waals surface area contributed by atoms with Gasteiger partial charge in [0, 0.05) is 5.39 Å². The molecule has 2 heterocycles. The van der Waals surface area contributed by atoms with Crippen molar-refractivity contribution in [3.05, 3.63) is 89.9 Å². The number of hydrogen-bond donors (Lipinski definition) is 1. The molecule has 0 spiro atoms. The third-order valence-corrected chi connectivity index (χ3v) is 4.19. The van der Waals surface area contributed by atoms with E-state index < -0.39 is 0 Å². The number of methoxy groups -OCH3 is 1. The van der Waals surface area contributed by atoms with Gasteiger partial charge in [0.2, 0.25) is 5.55 Å².